The van der Waals surface area contributed by atoms with Gasteiger partial charge in [0.1, 0.15) is 6.10 Å². The van der Waals surface area contributed by atoms with Gasteiger partial charge in [-0.05, 0) is 77.0 Å². The highest BCUT2D eigenvalue weighted by Crippen LogP contribution is 2.18. The molecule has 0 saturated heterocycles. The molecule has 62 heavy (non-hydrogen) atoms. The summed E-state index contributed by atoms with van der Waals surface area (Å²) in [6.45, 7) is 6.49. The van der Waals surface area contributed by atoms with Crippen molar-refractivity contribution in [2.75, 3.05) is 6.61 Å². The predicted molar refractivity (Wildman–Crippen MR) is 269 cm³/mol. The van der Waals surface area contributed by atoms with E-state index < -0.39 is 18.2 Å². The minimum atomic E-state index is -0.789. The average molecular weight is 874 g/mol. The second kappa shape index (κ2) is 50.3. The quantitative estimate of drug-likeness (QED) is 0.0321. The van der Waals surface area contributed by atoms with Crippen LogP contribution in [0.3, 0.4) is 0 Å². The maximum atomic E-state index is 13.2. The molecule has 6 nitrogen and oxygen atoms in total. The normalized spacial score (nSPS) is 13.3. The van der Waals surface area contributed by atoms with Crippen LogP contribution in [0.1, 0.15) is 297 Å². The van der Waals surface area contributed by atoms with E-state index in [1.807, 2.05) is 0 Å². The van der Waals surface area contributed by atoms with Crippen molar-refractivity contribution in [2.45, 2.75) is 315 Å². The number of nitrogens with one attached hydrogen (secondary N) is 1. The molecule has 0 aliphatic heterocycles. The van der Waals surface area contributed by atoms with Crippen LogP contribution in [-0.4, -0.2) is 46.9 Å². The molecule has 0 radical (unpaired) electrons. The standard InChI is InChI=1S/C56H107NO5/c1-4-7-10-13-16-19-22-25-27-28-30-33-36-39-42-45-48-54(59)53(51-58)57-55(60)50-52(47-44-41-38-35-32-29-24-21-18-15-12-9-6-3)62-56(61)49-46-43-40-37-34-31-26-23-20-17-14-11-8-5-2/h21,24,31,34,52-54,58-59H,4-20,22-23,25-30,32-33,35-51H2,1-3H3,(H,57,60)/b24-21-,34-31-. The molecule has 0 heterocycles. The topological polar surface area (TPSA) is 95.9 Å². The van der Waals surface area contributed by atoms with Crippen LogP contribution in [0, 0.1) is 0 Å². The first-order chi connectivity index (χ1) is 30.5. The first-order valence-electron chi connectivity index (χ1n) is 27.6. The Bertz CT molecular complexity index is 981. The Labute approximate surface area is 386 Å². The maximum Gasteiger partial charge on any atom is 0.306 e. The third-order valence-corrected chi connectivity index (χ3v) is 12.8. The number of aliphatic hydroxyl groups excluding tert-OH is 2. The molecule has 6 heteroatoms. The number of hydrogen-bond donors (Lipinski definition) is 3. The van der Waals surface area contributed by atoms with Gasteiger partial charge in [0.05, 0.1) is 25.2 Å². The first-order valence-corrected chi connectivity index (χ1v) is 27.6. The monoisotopic (exact) mass is 874 g/mol. The molecule has 0 rings (SSSR count). The summed E-state index contributed by atoms with van der Waals surface area (Å²) >= 11 is 0. The highest BCUT2D eigenvalue weighted by Gasteiger charge is 2.24. The van der Waals surface area contributed by atoms with Crippen LogP contribution in [-0.2, 0) is 14.3 Å². The predicted octanol–water partition coefficient (Wildman–Crippen LogP) is 16.7. The van der Waals surface area contributed by atoms with Crippen LogP contribution in [0.15, 0.2) is 24.3 Å². The van der Waals surface area contributed by atoms with Crippen molar-refractivity contribution in [1.29, 1.82) is 0 Å². The summed E-state index contributed by atoms with van der Waals surface area (Å²) < 4.78 is 5.93. The van der Waals surface area contributed by atoms with E-state index in [4.69, 9.17) is 4.74 Å². The summed E-state index contributed by atoms with van der Waals surface area (Å²) in [7, 11) is 0. The second-order valence-electron chi connectivity index (χ2n) is 19.0. The maximum absolute atomic E-state index is 13.2. The Kier molecular flexibility index (Phi) is 49.0. The van der Waals surface area contributed by atoms with Crippen molar-refractivity contribution in [2.24, 2.45) is 0 Å². The van der Waals surface area contributed by atoms with Crippen LogP contribution in [0.2, 0.25) is 0 Å². The second-order valence-corrected chi connectivity index (χ2v) is 19.0. The zero-order chi connectivity index (χ0) is 45.2. The number of rotatable bonds is 50. The van der Waals surface area contributed by atoms with Gasteiger partial charge in [-0.3, -0.25) is 9.59 Å². The fraction of sp³-hybridized carbons (Fsp3) is 0.893. The lowest BCUT2D eigenvalue weighted by molar-refractivity contribution is -0.151. The number of ether oxygens (including phenoxy) is 1. The summed E-state index contributed by atoms with van der Waals surface area (Å²) in [5.74, 6) is -0.487. The van der Waals surface area contributed by atoms with Crippen LogP contribution in [0.25, 0.3) is 0 Å². The van der Waals surface area contributed by atoms with Gasteiger partial charge in [-0.2, -0.15) is 0 Å². The van der Waals surface area contributed by atoms with Gasteiger partial charge in [-0.1, -0.05) is 231 Å². The van der Waals surface area contributed by atoms with Gasteiger partial charge in [0.15, 0.2) is 0 Å². The van der Waals surface area contributed by atoms with Gasteiger partial charge in [0, 0.05) is 6.42 Å². The molecule has 3 atom stereocenters. The van der Waals surface area contributed by atoms with Crippen molar-refractivity contribution in [3.8, 4) is 0 Å². The van der Waals surface area contributed by atoms with Crippen molar-refractivity contribution in [1.82, 2.24) is 5.32 Å². The first kappa shape index (κ1) is 60.3. The number of allylic oxidation sites excluding steroid dienone is 4. The Morgan fingerprint density at radius 1 is 0.452 bits per heavy atom. The lowest BCUT2D eigenvalue weighted by Gasteiger charge is -2.24. The molecule has 1 amide bonds. The van der Waals surface area contributed by atoms with Crippen LogP contribution < -0.4 is 5.32 Å². The number of unbranched alkanes of at least 4 members (excludes halogenated alkanes) is 34. The molecule has 0 saturated carbocycles. The minimum absolute atomic E-state index is 0.0700. The van der Waals surface area contributed by atoms with Gasteiger partial charge in [-0.25, -0.2) is 0 Å². The van der Waals surface area contributed by atoms with E-state index in [0.29, 0.717) is 19.3 Å². The molecule has 0 spiro atoms. The van der Waals surface area contributed by atoms with E-state index in [1.54, 1.807) is 0 Å². The third kappa shape index (κ3) is 44.9. The van der Waals surface area contributed by atoms with Crippen molar-refractivity contribution < 1.29 is 24.5 Å². The average Bonchev–Trinajstić information content (AvgIpc) is 3.26. The van der Waals surface area contributed by atoms with Crippen molar-refractivity contribution in [3.05, 3.63) is 24.3 Å². The minimum Gasteiger partial charge on any atom is -0.462 e. The summed E-state index contributed by atoms with van der Waals surface area (Å²) in [4.78, 5) is 26.2. The van der Waals surface area contributed by atoms with Crippen molar-refractivity contribution >= 4 is 11.9 Å². The molecule has 3 N–H and O–H groups in total. The van der Waals surface area contributed by atoms with Gasteiger partial charge in [0.2, 0.25) is 5.91 Å². The summed E-state index contributed by atoms with van der Waals surface area (Å²) in [6.07, 6.45) is 58.1. The number of carbonyl (C=O) groups excluding carboxylic acids is 2. The van der Waals surface area contributed by atoms with Crippen LogP contribution in [0.5, 0.6) is 0 Å². The number of aliphatic hydroxyl groups is 2. The van der Waals surface area contributed by atoms with E-state index in [9.17, 15) is 19.8 Å². The van der Waals surface area contributed by atoms with Gasteiger partial charge >= 0.3 is 5.97 Å². The van der Waals surface area contributed by atoms with E-state index in [0.717, 1.165) is 64.2 Å². The fourth-order valence-electron chi connectivity index (χ4n) is 8.54. The van der Waals surface area contributed by atoms with E-state index >= 15 is 0 Å². The van der Waals surface area contributed by atoms with Gasteiger partial charge in [0.25, 0.3) is 0 Å². The number of carbonyl (C=O) groups is 2. The molecule has 0 aromatic rings. The summed E-state index contributed by atoms with van der Waals surface area (Å²) in [5.41, 5.74) is 0. The SMILES string of the molecule is CCCCCC/C=C\CCCCCCCC(CC(=O)NC(CO)C(O)CCCCCCCCCCCCCCCCCC)OC(=O)CCCCC/C=C\CCCCCCCCC. The molecule has 0 aliphatic rings. The molecule has 0 bridgehead atoms. The van der Waals surface area contributed by atoms with E-state index in [1.165, 1.54) is 186 Å². The number of amides is 1. The highest BCUT2D eigenvalue weighted by molar-refractivity contribution is 5.77. The van der Waals surface area contributed by atoms with Crippen molar-refractivity contribution in [3.63, 3.8) is 0 Å². The zero-order valence-corrected chi connectivity index (χ0v) is 41.8. The van der Waals surface area contributed by atoms with Crippen LogP contribution in [0.4, 0.5) is 0 Å². The van der Waals surface area contributed by atoms with Gasteiger partial charge in [-0.15, -0.1) is 0 Å². The number of esters is 1. The molecule has 0 aliphatic carbocycles. The summed E-state index contributed by atoms with van der Waals surface area (Å²) in [5, 5.41) is 23.8. The molecular formula is C56H107NO5. The lowest BCUT2D eigenvalue weighted by atomic mass is 10.0. The molecular weight excluding hydrogens is 767 g/mol. The Morgan fingerprint density at radius 3 is 1.16 bits per heavy atom. The van der Waals surface area contributed by atoms with E-state index in [-0.39, 0.29) is 24.9 Å². The zero-order valence-electron chi connectivity index (χ0n) is 41.8. The highest BCUT2D eigenvalue weighted by atomic mass is 16.5. The lowest BCUT2D eigenvalue weighted by Crippen LogP contribution is -2.46. The molecule has 0 fully saturated rings. The molecule has 0 aromatic heterocycles. The largest absolute Gasteiger partial charge is 0.462 e. The molecule has 366 valence electrons. The Balaban J connectivity index is 4.53. The fourth-order valence-corrected chi connectivity index (χ4v) is 8.54. The summed E-state index contributed by atoms with van der Waals surface area (Å²) in [6, 6.07) is -0.704. The Hall–Kier alpha value is -1.66. The molecule has 3 unspecified atom stereocenters. The smallest absolute Gasteiger partial charge is 0.306 e. The number of hydrogen-bond acceptors (Lipinski definition) is 5. The Morgan fingerprint density at radius 2 is 0.774 bits per heavy atom. The molecule has 0 aromatic carbocycles. The third-order valence-electron chi connectivity index (χ3n) is 12.8. The van der Waals surface area contributed by atoms with Gasteiger partial charge < -0.3 is 20.3 Å². The van der Waals surface area contributed by atoms with E-state index in [2.05, 4.69) is 50.4 Å². The van der Waals surface area contributed by atoms with Crippen LogP contribution >= 0.6 is 0 Å².